The highest BCUT2D eigenvalue weighted by Gasteiger charge is 2.21. The van der Waals surface area contributed by atoms with Crippen molar-refractivity contribution in [2.75, 3.05) is 0 Å². The third-order valence-corrected chi connectivity index (χ3v) is 5.13. The first kappa shape index (κ1) is 18.7. The number of benzene rings is 2. The van der Waals surface area contributed by atoms with Crippen LogP contribution in [0.1, 0.15) is 16.7 Å². The first-order valence-corrected chi connectivity index (χ1v) is 9.38. The van der Waals surface area contributed by atoms with Crippen molar-refractivity contribution in [1.82, 2.24) is 0 Å². The van der Waals surface area contributed by atoms with Gasteiger partial charge in [0, 0.05) is 0 Å². The summed E-state index contributed by atoms with van der Waals surface area (Å²) in [5.74, 6) is 0.774. The van der Waals surface area contributed by atoms with Crippen molar-refractivity contribution < 1.29 is 13.6 Å². The molecule has 0 aliphatic rings. The molecule has 142 valence electrons. The van der Waals surface area contributed by atoms with Gasteiger partial charge in [-0.05, 0) is 60.9 Å². The standard InChI is InChI=1S/C22H16Cl2O4/c1-12-8-13(2)20-15(9-12)19(25)22(21(28-20)18-4-3-7-26-18)27-11-14-5-6-16(23)17(24)10-14/h3-10H,11H2,1-2H3. The Balaban J connectivity index is 1.85. The molecule has 0 fully saturated rings. The van der Waals surface area contributed by atoms with Gasteiger partial charge in [0.05, 0.1) is 21.7 Å². The van der Waals surface area contributed by atoms with E-state index in [-0.39, 0.29) is 23.5 Å². The molecule has 28 heavy (non-hydrogen) atoms. The molecule has 0 atom stereocenters. The Kier molecular flexibility index (Phi) is 4.92. The van der Waals surface area contributed by atoms with Gasteiger partial charge in [0.1, 0.15) is 12.2 Å². The predicted octanol–water partition coefficient (Wildman–Crippen LogP) is 6.56. The summed E-state index contributed by atoms with van der Waals surface area (Å²) in [6, 6.07) is 12.4. The van der Waals surface area contributed by atoms with Crippen LogP contribution in [-0.2, 0) is 6.61 Å². The number of ether oxygens (including phenoxy) is 1. The average molecular weight is 415 g/mol. The maximum absolute atomic E-state index is 13.2. The summed E-state index contributed by atoms with van der Waals surface area (Å²) in [7, 11) is 0. The second-order valence-electron chi connectivity index (χ2n) is 6.56. The summed E-state index contributed by atoms with van der Waals surface area (Å²) < 4.78 is 17.4. The van der Waals surface area contributed by atoms with E-state index in [0.29, 0.717) is 26.8 Å². The van der Waals surface area contributed by atoms with Gasteiger partial charge in [-0.2, -0.15) is 0 Å². The number of furan rings is 1. The lowest BCUT2D eigenvalue weighted by atomic mass is 10.1. The summed E-state index contributed by atoms with van der Waals surface area (Å²) in [6.45, 7) is 3.97. The lowest BCUT2D eigenvalue weighted by Gasteiger charge is -2.12. The van der Waals surface area contributed by atoms with E-state index in [2.05, 4.69) is 0 Å². The molecular formula is C22H16Cl2O4. The van der Waals surface area contributed by atoms with Gasteiger partial charge < -0.3 is 13.6 Å². The predicted molar refractivity (Wildman–Crippen MR) is 110 cm³/mol. The monoisotopic (exact) mass is 414 g/mol. The molecule has 2 aromatic carbocycles. The van der Waals surface area contributed by atoms with Gasteiger partial charge in [0.2, 0.25) is 16.9 Å². The molecule has 0 aliphatic heterocycles. The zero-order valence-electron chi connectivity index (χ0n) is 15.2. The lowest BCUT2D eigenvalue weighted by molar-refractivity contribution is 0.296. The van der Waals surface area contributed by atoms with E-state index in [0.717, 1.165) is 16.7 Å². The van der Waals surface area contributed by atoms with Crippen LogP contribution in [0.25, 0.3) is 22.5 Å². The van der Waals surface area contributed by atoms with Gasteiger partial charge in [-0.25, -0.2) is 0 Å². The second kappa shape index (κ2) is 7.38. The molecule has 4 rings (SSSR count). The van der Waals surface area contributed by atoms with Crippen LogP contribution in [0.15, 0.2) is 62.4 Å². The van der Waals surface area contributed by atoms with Crippen molar-refractivity contribution in [1.29, 1.82) is 0 Å². The molecule has 4 aromatic rings. The summed E-state index contributed by atoms with van der Waals surface area (Å²) >= 11 is 12.0. The molecule has 2 heterocycles. The van der Waals surface area contributed by atoms with Crippen molar-refractivity contribution in [2.24, 2.45) is 0 Å². The van der Waals surface area contributed by atoms with Crippen molar-refractivity contribution in [2.45, 2.75) is 20.5 Å². The molecule has 0 spiro atoms. The normalized spacial score (nSPS) is 11.1. The largest absolute Gasteiger partial charge is 0.481 e. The van der Waals surface area contributed by atoms with E-state index >= 15 is 0 Å². The van der Waals surface area contributed by atoms with Crippen molar-refractivity contribution in [3.05, 3.63) is 85.7 Å². The summed E-state index contributed by atoms with van der Waals surface area (Å²) in [6.07, 6.45) is 1.52. The molecule has 4 nitrogen and oxygen atoms in total. The fourth-order valence-corrected chi connectivity index (χ4v) is 3.44. The zero-order chi connectivity index (χ0) is 19.8. The Bertz CT molecular complexity index is 1220. The van der Waals surface area contributed by atoms with Crippen molar-refractivity contribution in [3.63, 3.8) is 0 Å². The quantitative estimate of drug-likeness (QED) is 0.379. The molecule has 0 saturated carbocycles. The van der Waals surface area contributed by atoms with E-state index in [1.807, 2.05) is 19.9 Å². The van der Waals surface area contributed by atoms with Crippen molar-refractivity contribution >= 4 is 34.2 Å². The van der Waals surface area contributed by atoms with Gasteiger partial charge in [0.25, 0.3) is 0 Å². The van der Waals surface area contributed by atoms with Crippen LogP contribution >= 0.6 is 23.2 Å². The molecule has 0 bridgehead atoms. The highest BCUT2D eigenvalue weighted by Crippen LogP contribution is 2.33. The average Bonchev–Trinajstić information content (AvgIpc) is 3.18. The fraction of sp³-hybridized carbons (Fsp3) is 0.136. The van der Waals surface area contributed by atoms with Crippen LogP contribution in [0.2, 0.25) is 10.0 Å². The SMILES string of the molecule is Cc1cc(C)c2oc(-c3ccco3)c(OCc3ccc(Cl)c(Cl)c3)c(=O)c2c1. The number of rotatable bonds is 4. The first-order valence-electron chi connectivity index (χ1n) is 8.62. The van der Waals surface area contributed by atoms with Crippen molar-refractivity contribution in [3.8, 4) is 17.3 Å². The minimum absolute atomic E-state index is 0.0959. The van der Waals surface area contributed by atoms with Gasteiger partial charge in [0.15, 0.2) is 5.76 Å². The minimum atomic E-state index is -0.250. The number of fused-ring (bicyclic) bond motifs is 1. The third kappa shape index (κ3) is 3.41. The Morgan fingerprint density at radius 1 is 1.04 bits per heavy atom. The summed E-state index contributed by atoms with van der Waals surface area (Å²) in [5.41, 5.74) is 2.89. The van der Waals surface area contributed by atoms with Gasteiger partial charge in [-0.3, -0.25) is 4.79 Å². The van der Waals surface area contributed by atoms with Crippen LogP contribution < -0.4 is 10.2 Å². The second-order valence-corrected chi connectivity index (χ2v) is 7.38. The minimum Gasteiger partial charge on any atom is -0.481 e. The molecule has 0 radical (unpaired) electrons. The zero-order valence-corrected chi connectivity index (χ0v) is 16.7. The molecule has 0 saturated heterocycles. The van der Waals surface area contributed by atoms with E-state index < -0.39 is 0 Å². The molecule has 0 aliphatic carbocycles. The van der Waals surface area contributed by atoms with Crippen LogP contribution in [-0.4, -0.2) is 0 Å². The molecule has 2 aromatic heterocycles. The maximum Gasteiger partial charge on any atom is 0.235 e. The summed E-state index contributed by atoms with van der Waals surface area (Å²) in [4.78, 5) is 13.2. The van der Waals surface area contributed by atoms with Crippen LogP contribution in [0.4, 0.5) is 0 Å². The van der Waals surface area contributed by atoms with Gasteiger partial charge >= 0.3 is 0 Å². The van der Waals surface area contributed by atoms with E-state index in [4.69, 9.17) is 36.8 Å². The topological polar surface area (TPSA) is 52.6 Å². The van der Waals surface area contributed by atoms with E-state index in [9.17, 15) is 4.79 Å². The van der Waals surface area contributed by atoms with Crippen LogP contribution in [0, 0.1) is 13.8 Å². The first-order chi connectivity index (χ1) is 13.4. The number of aryl methyl sites for hydroxylation is 2. The maximum atomic E-state index is 13.2. The Hall–Kier alpha value is -2.69. The number of hydrogen-bond acceptors (Lipinski definition) is 4. The third-order valence-electron chi connectivity index (χ3n) is 4.39. The lowest BCUT2D eigenvalue weighted by Crippen LogP contribution is -2.11. The number of halogens is 2. The highest BCUT2D eigenvalue weighted by molar-refractivity contribution is 6.42. The van der Waals surface area contributed by atoms with Crippen LogP contribution in [0.5, 0.6) is 5.75 Å². The number of hydrogen-bond donors (Lipinski definition) is 0. The molecule has 0 unspecified atom stereocenters. The van der Waals surface area contributed by atoms with Gasteiger partial charge in [-0.1, -0.05) is 35.3 Å². The van der Waals surface area contributed by atoms with E-state index in [1.54, 1.807) is 36.4 Å². The smallest absolute Gasteiger partial charge is 0.235 e. The fourth-order valence-electron chi connectivity index (χ4n) is 3.12. The highest BCUT2D eigenvalue weighted by atomic mass is 35.5. The molecule has 0 amide bonds. The Morgan fingerprint density at radius 2 is 1.86 bits per heavy atom. The van der Waals surface area contributed by atoms with Gasteiger partial charge in [-0.15, -0.1) is 0 Å². The Morgan fingerprint density at radius 3 is 2.57 bits per heavy atom. The Labute approximate surface area is 171 Å². The van der Waals surface area contributed by atoms with Crippen LogP contribution in [0.3, 0.4) is 0 Å². The van der Waals surface area contributed by atoms with E-state index in [1.165, 1.54) is 6.26 Å². The molecule has 6 heteroatoms. The molecular weight excluding hydrogens is 399 g/mol. The summed E-state index contributed by atoms with van der Waals surface area (Å²) in [5, 5.41) is 1.35. The molecule has 0 N–H and O–H groups in total.